The summed E-state index contributed by atoms with van der Waals surface area (Å²) >= 11 is 29.7. The third kappa shape index (κ3) is 50.4. The Morgan fingerprint density at radius 3 is 1.18 bits per heavy atom. The molecule has 6 nitrogen and oxygen atoms in total. The van der Waals surface area contributed by atoms with Crippen LogP contribution in [0, 0.1) is 11.8 Å². The van der Waals surface area contributed by atoms with E-state index in [0.29, 0.717) is 5.92 Å². The molecule has 0 rings (SSSR count). The standard InChI is InChI=1S/C6H13ClN.C6H12ClN.C6H13NO.CH2Cl2.CH4.Cl2HO2P/c2*1-5(2)6(7)8(3)4;1-5(2)6(8)7(3)4;2-1-3;;1-5(2,3)4/h5H,1-4H3;1-4H3;5H,1-4H3;1H2;1H4;(H,3,4)/q+1;;;;;/p-1. The minimum Gasteiger partial charge on any atom is -0.776 e. The first-order valence-electron chi connectivity index (χ1n) is 9.31. The number of hydrogen-bond acceptors (Lipinski definition) is 4. The summed E-state index contributed by atoms with van der Waals surface area (Å²) in [7, 11) is 11.3. The van der Waals surface area contributed by atoms with Gasteiger partial charge in [0.05, 0.1) is 5.34 Å². The van der Waals surface area contributed by atoms with E-state index in [1.807, 2.05) is 65.4 Å². The Hall–Kier alpha value is 0.610. The highest BCUT2D eigenvalue weighted by Gasteiger charge is 2.07. The Balaban J connectivity index is -0.0000000708. The molecule has 13 heteroatoms. The van der Waals surface area contributed by atoms with E-state index in [4.69, 9.17) is 46.4 Å². The molecule has 0 unspecified atom stereocenters. The van der Waals surface area contributed by atoms with E-state index in [1.54, 1.807) is 19.0 Å². The van der Waals surface area contributed by atoms with Gasteiger partial charge in [-0.15, -0.1) is 23.2 Å². The van der Waals surface area contributed by atoms with Crippen molar-refractivity contribution in [3.63, 3.8) is 0 Å². The maximum absolute atomic E-state index is 10.8. The molecule has 0 atom stereocenters. The van der Waals surface area contributed by atoms with Gasteiger partial charge in [-0.2, -0.15) is 0 Å². The van der Waals surface area contributed by atoms with Crippen LogP contribution in [-0.4, -0.2) is 73.1 Å². The van der Waals surface area contributed by atoms with Crippen molar-refractivity contribution in [2.24, 2.45) is 11.8 Å². The van der Waals surface area contributed by atoms with E-state index in [1.165, 1.54) is 0 Å². The lowest BCUT2D eigenvalue weighted by Gasteiger charge is -2.11. The quantitative estimate of drug-likeness (QED) is 0.109. The Kier molecular flexibility index (Phi) is 38.6. The van der Waals surface area contributed by atoms with E-state index in [9.17, 15) is 14.3 Å². The van der Waals surface area contributed by atoms with Gasteiger partial charge in [0.2, 0.25) is 11.1 Å². The van der Waals surface area contributed by atoms with Crippen LogP contribution < -0.4 is 4.89 Å². The Labute approximate surface area is 232 Å². The van der Waals surface area contributed by atoms with Gasteiger partial charge in [0.15, 0.2) is 6.07 Å². The number of halogens is 6. The Bertz CT molecular complexity index is 539. The zero-order chi connectivity index (χ0) is 27.4. The van der Waals surface area contributed by atoms with Crippen LogP contribution in [-0.2, 0) is 9.36 Å². The lowest BCUT2D eigenvalue weighted by Crippen LogP contribution is -2.26. The second kappa shape index (κ2) is 27.2. The number of alkyl halides is 2. The number of allylic oxidation sites excluding steroid dienone is 1. The highest BCUT2D eigenvalue weighted by atomic mass is 35.9. The first kappa shape index (κ1) is 46.9. The molecule has 0 fully saturated rings. The van der Waals surface area contributed by atoms with Crippen molar-refractivity contribution in [3.05, 3.63) is 10.7 Å². The van der Waals surface area contributed by atoms with Crippen LogP contribution in [0.5, 0.6) is 0 Å². The monoisotopic (exact) mass is 615 g/mol. The highest BCUT2D eigenvalue weighted by molar-refractivity contribution is 8.03. The summed E-state index contributed by atoms with van der Waals surface area (Å²) in [6.45, 7) is 11.9. The molecular formula is C20H44Cl6N3O3P. The molecule has 0 aliphatic heterocycles. The minimum absolute atomic E-state index is 0. The summed E-state index contributed by atoms with van der Waals surface area (Å²) < 4.78 is 11.1. The Morgan fingerprint density at radius 2 is 1.18 bits per heavy atom. The Morgan fingerprint density at radius 1 is 0.909 bits per heavy atom. The van der Waals surface area contributed by atoms with Gasteiger partial charge in [-0.05, 0) is 31.0 Å². The highest BCUT2D eigenvalue weighted by Crippen LogP contribution is 2.46. The van der Waals surface area contributed by atoms with Crippen molar-refractivity contribution in [3.8, 4) is 0 Å². The molecule has 0 aliphatic carbocycles. The van der Waals surface area contributed by atoms with Crippen LogP contribution in [0.2, 0.25) is 0 Å². The van der Waals surface area contributed by atoms with E-state index in [2.05, 4.69) is 36.3 Å². The van der Waals surface area contributed by atoms with Gasteiger partial charge in [0.25, 0.3) is 0 Å². The van der Waals surface area contributed by atoms with E-state index < -0.39 is 6.07 Å². The topological polar surface area (TPSA) is 66.7 Å². The molecule has 0 N–H and O–H groups in total. The third-order valence-electron chi connectivity index (χ3n) is 2.64. The molecular weight excluding hydrogens is 574 g/mol. The van der Waals surface area contributed by atoms with Gasteiger partial charge in [-0.3, -0.25) is 4.79 Å². The van der Waals surface area contributed by atoms with Crippen molar-refractivity contribution in [2.45, 2.75) is 49.0 Å². The lowest BCUT2D eigenvalue weighted by atomic mass is 10.2. The van der Waals surface area contributed by atoms with Crippen molar-refractivity contribution < 1.29 is 18.8 Å². The molecule has 0 aromatic rings. The lowest BCUT2D eigenvalue weighted by molar-refractivity contribution is -0.464. The second-order valence-electron chi connectivity index (χ2n) is 7.46. The first-order valence-corrected chi connectivity index (χ1v) is 14.6. The summed E-state index contributed by atoms with van der Waals surface area (Å²) in [6.07, 6.45) is -3.94. The van der Waals surface area contributed by atoms with Crippen LogP contribution in [0.15, 0.2) is 10.7 Å². The second-order valence-corrected chi connectivity index (χ2v) is 13.0. The predicted octanol–water partition coefficient (Wildman–Crippen LogP) is 7.31. The first-order chi connectivity index (χ1) is 14.1. The molecule has 0 spiro atoms. The average Bonchev–Trinajstić information content (AvgIpc) is 2.59. The summed E-state index contributed by atoms with van der Waals surface area (Å²) in [5.74, 6) is 0.765. The van der Waals surface area contributed by atoms with Gasteiger partial charge in [0.1, 0.15) is 19.3 Å². The van der Waals surface area contributed by atoms with Gasteiger partial charge < -0.3 is 19.3 Å². The normalized spacial score (nSPS) is 9.12. The molecule has 204 valence electrons. The predicted molar refractivity (Wildman–Crippen MR) is 152 cm³/mol. The summed E-state index contributed by atoms with van der Waals surface area (Å²) in [6, 6.07) is 0. The summed E-state index contributed by atoms with van der Waals surface area (Å²) in [4.78, 5) is 23.4. The molecule has 0 aromatic carbocycles. The molecule has 0 radical (unpaired) electrons. The molecule has 0 saturated carbocycles. The van der Waals surface area contributed by atoms with E-state index in [0.717, 1.165) is 15.9 Å². The SMILES string of the molecule is C.CC(C)=C(Cl)N(C)C.CC(C)C(=O)N(C)C.CC(C)C(Cl)=[N+](C)C.ClCCl.O=P([O-])(Cl)Cl. The van der Waals surface area contributed by atoms with Crippen LogP contribution in [0.3, 0.4) is 0 Å². The summed E-state index contributed by atoms with van der Waals surface area (Å²) in [5, 5.41) is 1.93. The number of hydrogen-bond donors (Lipinski definition) is 0. The largest absolute Gasteiger partial charge is 0.776 e. The number of amides is 1. The third-order valence-corrected chi connectivity index (χ3v) is 4.13. The van der Waals surface area contributed by atoms with Crippen molar-refractivity contribution in [1.29, 1.82) is 0 Å². The van der Waals surface area contributed by atoms with E-state index >= 15 is 0 Å². The van der Waals surface area contributed by atoms with Crippen molar-refractivity contribution >= 4 is 86.0 Å². The fourth-order valence-electron chi connectivity index (χ4n) is 1.48. The zero-order valence-corrected chi connectivity index (χ0v) is 26.6. The molecule has 0 aliphatic rings. The zero-order valence-electron chi connectivity index (χ0n) is 21.1. The molecule has 0 aromatic heterocycles. The fourth-order valence-corrected chi connectivity index (χ4v) is 1.48. The van der Waals surface area contributed by atoms with Gasteiger partial charge in [0, 0.05) is 40.0 Å². The van der Waals surface area contributed by atoms with Gasteiger partial charge in [-0.25, -0.2) is 4.58 Å². The number of carbonyl (C=O) groups is 1. The number of rotatable bonds is 3. The number of carbonyl (C=O) groups excluding carboxylic acids is 1. The number of nitrogens with zero attached hydrogens (tertiary/aromatic N) is 3. The molecule has 0 heterocycles. The maximum atomic E-state index is 10.8. The van der Waals surface area contributed by atoms with E-state index in [-0.39, 0.29) is 24.6 Å². The van der Waals surface area contributed by atoms with Crippen LogP contribution >= 0.6 is 75.0 Å². The average molecular weight is 618 g/mol. The maximum Gasteiger partial charge on any atom is 0.247 e. The van der Waals surface area contributed by atoms with Crippen molar-refractivity contribution in [2.75, 3.05) is 47.6 Å². The summed E-state index contributed by atoms with van der Waals surface area (Å²) in [5.41, 5.74) is 1.15. The van der Waals surface area contributed by atoms with Gasteiger partial charge >= 0.3 is 0 Å². The fraction of sp³-hybridized carbons (Fsp3) is 0.800. The van der Waals surface area contributed by atoms with Crippen molar-refractivity contribution in [1.82, 2.24) is 9.80 Å². The smallest absolute Gasteiger partial charge is 0.247 e. The van der Waals surface area contributed by atoms with Crippen LogP contribution in [0.1, 0.15) is 49.0 Å². The molecule has 0 bridgehead atoms. The minimum atomic E-state index is -3.94. The van der Waals surface area contributed by atoms with Gasteiger partial charge in [-0.1, -0.05) is 69.2 Å². The molecule has 1 amide bonds. The van der Waals surface area contributed by atoms with Crippen LogP contribution in [0.25, 0.3) is 0 Å². The van der Waals surface area contributed by atoms with Crippen LogP contribution in [0.4, 0.5) is 0 Å². The molecule has 33 heavy (non-hydrogen) atoms. The molecule has 0 saturated heterocycles.